The molecule has 1 heterocycles. The van der Waals surface area contributed by atoms with E-state index in [4.69, 9.17) is 17.0 Å². The van der Waals surface area contributed by atoms with Crippen molar-refractivity contribution in [3.8, 4) is 11.5 Å². The van der Waals surface area contributed by atoms with Crippen LogP contribution in [0.2, 0.25) is 0 Å². The highest BCUT2D eigenvalue weighted by Gasteiger charge is 2.35. The highest BCUT2D eigenvalue weighted by molar-refractivity contribution is 7.80. The predicted octanol–water partition coefficient (Wildman–Crippen LogP) is 3.33. The molecule has 0 aliphatic carbocycles. The van der Waals surface area contributed by atoms with Crippen LogP contribution in [0.3, 0.4) is 0 Å². The summed E-state index contributed by atoms with van der Waals surface area (Å²) in [6, 6.07) is 10.7. The van der Waals surface area contributed by atoms with Gasteiger partial charge in [-0.15, -0.1) is 0 Å². The van der Waals surface area contributed by atoms with Crippen molar-refractivity contribution < 1.29 is 19.6 Å². The highest BCUT2D eigenvalue weighted by Crippen LogP contribution is 2.41. The number of aromatic hydroxyl groups is 1. The molecule has 150 valence electrons. The summed E-state index contributed by atoms with van der Waals surface area (Å²) < 4.78 is 5.10. The third-order valence-electron chi connectivity index (χ3n) is 4.86. The van der Waals surface area contributed by atoms with E-state index >= 15 is 0 Å². The number of nitro benzene ring substituents is 1. The lowest BCUT2D eigenvalue weighted by Gasteiger charge is -2.36. The summed E-state index contributed by atoms with van der Waals surface area (Å²) in [6.45, 7) is 1.77. The molecule has 1 aliphatic rings. The molecule has 1 aliphatic heterocycles. The number of rotatable bonds is 5. The minimum Gasteiger partial charge on any atom is -0.500 e. The van der Waals surface area contributed by atoms with Crippen molar-refractivity contribution in [2.45, 2.75) is 13.0 Å². The molecule has 0 spiro atoms. The zero-order valence-corrected chi connectivity index (χ0v) is 16.8. The molecule has 0 fully saturated rings. The SMILES string of the molecule is COc1cc(C2NC(=S)N(C)C(C)=C2C(=O)c2ccccc2)cc([N+](=O)[O-])c1O. The van der Waals surface area contributed by atoms with Crippen molar-refractivity contribution >= 4 is 28.8 Å². The number of carbonyl (C=O) groups is 1. The lowest BCUT2D eigenvalue weighted by atomic mass is 9.89. The first-order valence-electron chi connectivity index (χ1n) is 8.66. The molecule has 0 radical (unpaired) electrons. The summed E-state index contributed by atoms with van der Waals surface area (Å²) >= 11 is 5.36. The Hall–Kier alpha value is -3.46. The molecule has 0 saturated heterocycles. The molecule has 3 rings (SSSR count). The summed E-state index contributed by atoms with van der Waals surface area (Å²) in [7, 11) is 3.03. The largest absolute Gasteiger partial charge is 0.500 e. The number of nitrogens with zero attached hydrogens (tertiary/aromatic N) is 2. The summed E-state index contributed by atoms with van der Waals surface area (Å²) in [4.78, 5) is 25.7. The van der Waals surface area contributed by atoms with Gasteiger partial charge in [0.1, 0.15) is 0 Å². The third kappa shape index (κ3) is 3.64. The second-order valence-corrected chi connectivity index (χ2v) is 6.87. The van der Waals surface area contributed by atoms with E-state index in [1.807, 2.05) is 6.07 Å². The van der Waals surface area contributed by atoms with Crippen LogP contribution >= 0.6 is 12.2 Å². The average Bonchev–Trinajstić information content (AvgIpc) is 2.72. The molecule has 9 heteroatoms. The van der Waals surface area contributed by atoms with Crippen LogP contribution in [-0.2, 0) is 0 Å². The maximum Gasteiger partial charge on any atom is 0.315 e. The molecule has 0 amide bonds. The van der Waals surface area contributed by atoms with Gasteiger partial charge in [0.15, 0.2) is 16.6 Å². The van der Waals surface area contributed by atoms with Crippen LogP contribution in [0.1, 0.15) is 28.9 Å². The number of thiocarbonyl (C=S) groups is 1. The molecular weight excluding hydrogens is 394 g/mol. The molecule has 1 unspecified atom stereocenters. The summed E-state index contributed by atoms with van der Waals surface area (Å²) in [5.41, 5.74) is 1.36. The molecular formula is C20H19N3O5S. The van der Waals surface area contributed by atoms with Gasteiger partial charge >= 0.3 is 5.69 Å². The quantitative estimate of drug-likeness (QED) is 0.333. The van der Waals surface area contributed by atoms with Gasteiger partial charge in [0.25, 0.3) is 0 Å². The number of ether oxygens (including phenoxy) is 1. The van der Waals surface area contributed by atoms with Gasteiger partial charge in [0.2, 0.25) is 5.75 Å². The summed E-state index contributed by atoms with van der Waals surface area (Å²) in [5, 5.41) is 24.9. The maximum atomic E-state index is 13.3. The van der Waals surface area contributed by atoms with Gasteiger partial charge in [0, 0.05) is 29.9 Å². The van der Waals surface area contributed by atoms with E-state index in [9.17, 15) is 20.0 Å². The molecule has 1 atom stereocenters. The normalized spacial score (nSPS) is 16.4. The van der Waals surface area contributed by atoms with Gasteiger partial charge in [-0.05, 0) is 30.8 Å². The Morgan fingerprint density at radius 3 is 2.55 bits per heavy atom. The second kappa shape index (κ2) is 7.88. The Bertz CT molecular complexity index is 1040. The molecule has 2 aromatic carbocycles. The highest BCUT2D eigenvalue weighted by atomic mass is 32.1. The third-order valence-corrected chi connectivity index (χ3v) is 5.25. The first kappa shape index (κ1) is 20.3. The number of phenols is 1. The van der Waals surface area contributed by atoms with Crippen molar-refractivity contribution in [3.05, 3.63) is 75.0 Å². The van der Waals surface area contributed by atoms with Crippen LogP contribution in [0.25, 0.3) is 0 Å². The summed E-state index contributed by atoms with van der Waals surface area (Å²) in [5.74, 6) is -0.872. The number of carbonyl (C=O) groups excluding carboxylic acids is 1. The molecule has 0 saturated carbocycles. The lowest BCUT2D eigenvalue weighted by Crippen LogP contribution is -2.45. The second-order valence-electron chi connectivity index (χ2n) is 6.48. The van der Waals surface area contributed by atoms with Crippen molar-refractivity contribution in [1.29, 1.82) is 0 Å². The van der Waals surface area contributed by atoms with Gasteiger partial charge in [0.05, 0.1) is 18.1 Å². The van der Waals surface area contributed by atoms with E-state index < -0.39 is 22.4 Å². The minimum atomic E-state index is -0.750. The van der Waals surface area contributed by atoms with Crippen LogP contribution in [0.5, 0.6) is 11.5 Å². The molecule has 8 nitrogen and oxygen atoms in total. The number of allylic oxidation sites excluding steroid dienone is 1. The van der Waals surface area contributed by atoms with Crippen LogP contribution < -0.4 is 10.1 Å². The van der Waals surface area contributed by atoms with Crippen LogP contribution in [0.4, 0.5) is 5.69 Å². The number of nitrogens with one attached hydrogen (secondary N) is 1. The first-order chi connectivity index (χ1) is 13.8. The average molecular weight is 413 g/mol. The lowest BCUT2D eigenvalue weighted by molar-refractivity contribution is -0.386. The van der Waals surface area contributed by atoms with Crippen molar-refractivity contribution in [1.82, 2.24) is 10.2 Å². The Kier molecular flexibility index (Phi) is 5.51. The molecule has 0 aromatic heterocycles. The molecule has 2 aromatic rings. The van der Waals surface area contributed by atoms with Crippen molar-refractivity contribution in [2.24, 2.45) is 0 Å². The number of benzene rings is 2. The summed E-state index contributed by atoms with van der Waals surface area (Å²) in [6.07, 6.45) is 0. The van der Waals surface area contributed by atoms with Crippen LogP contribution in [0.15, 0.2) is 53.7 Å². The van der Waals surface area contributed by atoms with Gasteiger partial charge in [-0.3, -0.25) is 14.9 Å². The van der Waals surface area contributed by atoms with Gasteiger partial charge in [-0.2, -0.15) is 0 Å². The number of phenolic OH excluding ortho intramolecular Hbond substituents is 1. The minimum absolute atomic E-state index is 0.0648. The smallest absolute Gasteiger partial charge is 0.315 e. The number of hydrogen-bond acceptors (Lipinski definition) is 6. The van der Waals surface area contributed by atoms with Gasteiger partial charge in [-0.1, -0.05) is 30.3 Å². The standard InChI is InChI=1S/C20H19N3O5S/c1-11-16(18(24)12-7-5-4-6-8-12)17(21-20(29)22(11)2)13-9-14(23(26)27)19(25)15(10-13)28-3/h4-10,17,25H,1-3H3,(H,21,29). The Morgan fingerprint density at radius 2 is 1.97 bits per heavy atom. The maximum absolute atomic E-state index is 13.3. The number of ketones is 1. The molecule has 0 bridgehead atoms. The Morgan fingerprint density at radius 1 is 1.31 bits per heavy atom. The fourth-order valence-electron chi connectivity index (χ4n) is 3.20. The van der Waals surface area contributed by atoms with E-state index in [-0.39, 0.29) is 11.5 Å². The number of nitro groups is 1. The van der Waals surface area contributed by atoms with Crippen molar-refractivity contribution in [3.63, 3.8) is 0 Å². The fraction of sp³-hybridized carbons (Fsp3) is 0.200. The zero-order chi connectivity index (χ0) is 21.3. The first-order valence-corrected chi connectivity index (χ1v) is 9.07. The molecule has 2 N–H and O–H groups in total. The number of Topliss-reactive ketones (excluding diaryl/α,β-unsaturated/α-hetero) is 1. The number of hydrogen-bond donors (Lipinski definition) is 2. The van der Waals surface area contributed by atoms with E-state index in [2.05, 4.69) is 5.32 Å². The monoisotopic (exact) mass is 413 g/mol. The van der Waals surface area contributed by atoms with Gasteiger partial charge in [-0.25, -0.2) is 0 Å². The van der Waals surface area contributed by atoms with E-state index in [1.54, 1.807) is 43.1 Å². The van der Waals surface area contributed by atoms with E-state index in [1.165, 1.54) is 19.2 Å². The van der Waals surface area contributed by atoms with Gasteiger partial charge < -0.3 is 20.1 Å². The van der Waals surface area contributed by atoms with E-state index in [0.717, 1.165) is 0 Å². The van der Waals surface area contributed by atoms with Crippen LogP contribution in [0, 0.1) is 10.1 Å². The Labute approximate surface area is 172 Å². The van der Waals surface area contributed by atoms with Crippen molar-refractivity contribution in [2.75, 3.05) is 14.2 Å². The predicted molar refractivity (Wildman–Crippen MR) is 111 cm³/mol. The topological polar surface area (TPSA) is 105 Å². The van der Waals surface area contributed by atoms with Crippen LogP contribution in [-0.4, -0.2) is 40.0 Å². The zero-order valence-electron chi connectivity index (χ0n) is 16.0. The Balaban J connectivity index is 2.21. The molecule has 29 heavy (non-hydrogen) atoms. The number of methoxy groups -OCH3 is 1. The van der Waals surface area contributed by atoms with E-state index in [0.29, 0.717) is 27.5 Å². The fourth-order valence-corrected chi connectivity index (χ4v) is 3.45.